The third kappa shape index (κ3) is 1.48. The van der Waals surface area contributed by atoms with Gasteiger partial charge in [0, 0.05) is 0 Å². The van der Waals surface area contributed by atoms with Crippen molar-refractivity contribution in [3.05, 3.63) is 42.0 Å². The number of benzene rings is 1. The Bertz CT molecular complexity index is 788. The van der Waals surface area contributed by atoms with Crippen molar-refractivity contribution in [2.45, 2.75) is 12.8 Å². The number of hydrogen-bond acceptors (Lipinski definition) is 4. The Morgan fingerprint density at radius 1 is 1.12 bits per heavy atom. The molecule has 0 radical (unpaired) electrons. The van der Waals surface area contributed by atoms with E-state index in [1.807, 2.05) is 0 Å². The Morgan fingerprint density at radius 3 is 2.29 bits per heavy atom. The highest BCUT2D eigenvalue weighted by Gasteiger charge is 2.73. The van der Waals surface area contributed by atoms with E-state index in [-0.39, 0.29) is 40.9 Å². The highest BCUT2D eigenvalue weighted by atomic mass is 16.5. The van der Waals surface area contributed by atoms with Gasteiger partial charge in [0.15, 0.2) is 0 Å². The summed E-state index contributed by atoms with van der Waals surface area (Å²) in [6.07, 6.45) is 6.55. The zero-order valence-corrected chi connectivity index (χ0v) is 13.3. The molecule has 1 aromatic rings. The second-order valence-electron chi connectivity index (χ2n) is 7.27. The zero-order chi connectivity index (χ0) is 16.6. The van der Waals surface area contributed by atoms with Gasteiger partial charge in [0.2, 0.25) is 11.8 Å². The smallest absolute Gasteiger partial charge is 0.337 e. The van der Waals surface area contributed by atoms with E-state index >= 15 is 0 Å². The molecule has 1 aliphatic heterocycles. The molecular weight excluding hydrogens is 306 g/mol. The first kappa shape index (κ1) is 14.0. The van der Waals surface area contributed by atoms with Gasteiger partial charge in [0.1, 0.15) is 0 Å². The van der Waals surface area contributed by atoms with Crippen LogP contribution in [0.25, 0.3) is 0 Å². The van der Waals surface area contributed by atoms with Gasteiger partial charge in [0.25, 0.3) is 0 Å². The van der Waals surface area contributed by atoms with E-state index in [1.54, 1.807) is 24.3 Å². The molecule has 1 heterocycles. The van der Waals surface area contributed by atoms with Crippen LogP contribution >= 0.6 is 0 Å². The molecule has 4 atom stereocenters. The van der Waals surface area contributed by atoms with Gasteiger partial charge >= 0.3 is 5.97 Å². The summed E-state index contributed by atoms with van der Waals surface area (Å²) in [6.45, 7) is 0. The second kappa shape index (κ2) is 4.35. The number of carbonyl (C=O) groups is 3. The van der Waals surface area contributed by atoms with Crippen molar-refractivity contribution >= 4 is 23.5 Å². The molecule has 0 aromatic heterocycles. The third-order valence-electron chi connectivity index (χ3n) is 6.38. The summed E-state index contributed by atoms with van der Waals surface area (Å²) in [4.78, 5) is 39.0. The van der Waals surface area contributed by atoms with Gasteiger partial charge in [0.05, 0.1) is 30.2 Å². The van der Waals surface area contributed by atoms with Gasteiger partial charge in [-0.05, 0) is 48.3 Å². The molecule has 122 valence electrons. The van der Waals surface area contributed by atoms with Crippen LogP contribution in [-0.2, 0) is 14.3 Å². The fourth-order valence-corrected chi connectivity index (χ4v) is 5.22. The van der Waals surface area contributed by atoms with Gasteiger partial charge in [-0.25, -0.2) is 9.69 Å². The number of rotatable bonds is 2. The highest BCUT2D eigenvalue weighted by Crippen LogP contribution is 2.73. The number of imide groups is 1. The fourth-order valence-electron chi connectivity index (χ4n) is 5.22. The summed E-state index contributed by atoms with van der Waals surface area (Å²) in [5.74, 6) is -0.746. The summed E-state index contributed by atoms with van der Waals surface area (Å²) in [5.41, 5.74) is 1.000. The van der Waals surface area contributed by atoms with Crippen molar-refractivity contribution in [2.24, 2.45) is 29.1 Å². The lowest BCUT2D eigenvalue weighted by atomic mass is 9.85. The summed E-state index contributed by atoms with van der Waals surface area (Å²) < 4.78 is 4.72. The van der Waals surface area contributed by atoms with Gasteiger partial charge < -0.3 is 4.74 Å². The minimum Gasteiger partial charge on any atom is -0.465 e. The predicted octanol–water partition coefficient (Wildman–Crippen LogP) is 2.17. The van der Waals surface area contributed by atoms with E-state index < -0.39 is 5.97 Å². The first-order valence-electron chi connectivity index (χ1n) is 8.33. The van der Waals surface area contributed by atoms with Gasteiger partial charge in [-0.15, -0.1) is 0 Å². The van der Waals surface area contributed by atoms with E-state index in [4.69, 9.17) is 4.74 Å². The third-order valence-corrected chi connectivity index (χ3v) is 6.38. The molecule has 0 unspecified atom stereocenters. The van der Waals surface area contributed by atoms with Gasteiger partial charge in [-0.3, -0.25) is 9.59 Å². The number of anilines is 1. The van der Waals surface area contributed by atoms with Crippen molar-refractivity contribution < 1.29 is 19.1 Å². The Labute approximate surface area is 139 Å². The lowest BCUT2D eigenvalue weighted by Crippen LogP contribution is -2.34. The molecule has 5 rings (SSSR count). The molecule has 0 N–H and O–H groups in total. The molecule has 1 saturated heterocycles. The molecule has 1 spiro atoms. The standard InChI is InChI=1S/C19H17NO4/c1-24-18(23)10-3-2-4-11(9-10)20-16(21)14-12-5-6-13(15(14)17(20)22)19(12)7-8-19/h2-6,9,12-15H,7-8H2,1H3/t12-,13-,14-,15+/m1/s1. The number of amides is 2. The fraction of sp³-hybridized carbons (Fsp3) is 0.421. The molecular formula is C19H17NO4. The number of nitrogens with zero attached hydrogens (tertiary/aromatic N) is 1. The Hall–Kier alpha value is -2.43. The topological polar surface area (TPSA) is 63.7 Å². The van der Waals surface area contributed by atoms with E-state index in [0.29, 0.717) is 11.3 Å². The van der Waals surface area contributed by atoms with E-state index in [9.17, 15) is 14.4 Å². The lowest BCUT2D eigenvalue weighted by molar-refractivity contribution is -0.123. The van der Waals surface area contributed by atoms with Crippen LogP contribution in [0.4, 0.5) is 5.69 Å². The van der Waals surface area contributed by atoms with Crippen LogP contribution in [0.5, 0.6) is 0 Å². The first-order valence-corrected chi connectivity index (χ1v) is 8.33. The van der Waals surface area contributed by atoms with Crippen LogP contribution in [0, 0.1) is 29.1 Å². The Morgan fingerprint density at radius 2 is 1.75 bits per heavy atom. The van der Waals surface area contributed by atoms with E-state index in [0.717, 1.165) is 12.8 Å². The number of allylic oxidation sites excluding steroid dienone is 2. The second-order valence-corrected chi connectivity index (χ2v) is 7.27. The molecule has 5 heteroatoms. The van der Waals surface area contributed by atoms with Crippen LogP contribution in [-0.4, -0.2) is 24.9 Å². The average molecular weight is 323 g/mol. The summed E-state index contributed by atoms with van der Waals surface area (Å²) in [6, 6.07) is 6.55. The minimum atomic E-state index is -0.477. The van der Waals surface area contributed by atoms with Crippen LogP contribution in [0.15, 0.2) is 36.4 Å². The maximum atomic E-state index is 13.0. The maximum Gasteiger partial charge on any atom is 0.337 e. The molecule has 4 aliphatic rings. The largest absolute Gasteiger partial charge is 0.465 e. The van der Waals surface area contributed by atoms with Crippen molar-refractivity contribution in [1.29, 1.82) is 0 Å². The summed E-state index contributed by atoms with van der Waals surface area (Å²) in [7, 11) is 1.31. The van der Waals surface area contributed by atoms with Crippen LogP contribution in [0.3, 0.4) is 0 Å². The molecule has 2 saturated carbocycles. The normalized spacial score (nSPS) is 34.1. The molecule has 1 aromatic carbocycles. The first-order chi connectivity index (χ1) is 11.6. The minimum absolute atomic E-state index is 0.116. The number of fused-ring (bicyclic) bond motifs is 3. The number of esters is 1. The lowest BCUT2D eigenvalue weighted by Gasteiger charge is -2.22. The van der Waals surface area contributed by atoms with Crippen LogP contribution in [0.1, 0.15) is 23.2 Å². The SMILES string of the molecule is COC(=O)c1cccc(N2C(=O)[C@@H]3[C@H](C2=O)[C@H]2C=C[C@H]3C23CC3)c1. The Kier molecular flexibility index (Phi) is 2.53. The number of carbonyl (C=O) groups excluding carboxylic acids is 3. The van der Waals surface area contributed by atoms with Crippen molar-refractivity contribution in [3.8, 4) is 0 Å². The van der Waals surface area contributed by atoms with Crippen molar-refractivity contribution in [1.82, 2.24) is 0 Å². The highest BCUT2D eigenvalue weighted by molar-refractivity contribution is 6.23. The number of methoxy groups -OCH3 is 1. The van der Waals surface area contributed by atoms with Crippen LogP contribution in [0.2, 0.25) is 0 Å². The molecule has 2 amide bonds. The maximum absolute atomic E-state index is 13.0. The summed E-state index contributed by atoms with van der Waals surface area (Å²) >= 11 is 0. The van der Waals surface area contributed by atoms with Crippen molar-refractivity contribution in [2.75, 3.05) is 12.0 Å². The number of hydrogen-bond donors (Lipinski definition) is 0. The van der Waals surface area contributed by atoms with Gasteiger partial charge in [-0.1, -0.05) is 18.2 Å². The van der Waals surface area contributed by atoms with E-state index in [2.05, 4.69) is 12.2 Å². The van der Waals surface area contributed by atoms with E-state index in [1.165, 1.54) is 12.0 Å². The summed E-state index contributed by atoms with van der Waals surface area (Å²) in [5, 5.41) is 0. The quantitative estimate of drug-likeness (QED) is 0.475. The molecule has 3 fully saturated rings. The molecule has 24 heavy (non-hydrogen) atoms. The molecule has 5 nitrogen and oxygen atoms in total. The van der Waals surface area contributed by atoms with Crippen LogP contribution < -0.4 is 4.90 Å². The predicted molar refractivity (Wildman–Crippen MR) is 85.0 cm³/mol. The zero-order valence-electron chi connectivity index (χ0n) is 13.3. The number of ether oxygens (including phenoxy) is 1. The van der Waals surface area contributed by atoms with Crippen molar-refractivity contribution in [3.63, 3.8) is 0 Å². The average Bonchev–Trinajstić information content (AvgIpc) is 3.19. The Balaban J connectivity index is 1.53. The molecule has 2 bridgehead atoms. The monoisotopic (exact) mass is 323 g/mol. The molecule has 3 aliphatic carbocycles. The van der Waals surface area contributed by atoms with Gasteiger partial charge in [-0.2, -0.15) is 0 Å².